The summed E-state index contributed by atoms with van der Waals surface area (Å²) in [5, 5.41) is 2.06. The molecule has 0 radical (unpaired) electrons. The van der Waals surface area contributed by atoms with E-state index in [0.29, 0.717) is 10.2 Å². The summed E-state index contributed by atoms with van der Waals surface area (Å²) >= 11 is 7.12. The highest BCUT2D eigenvalue weighted by Crippen LogP contribution is 2.27. The fourth-order valence-corrected chi connectivity index (χ4v) is 1.88. The number of rotatable bonds is 2. The molecule has 0 aliphatic carbocycles. The Bertz CT molecular complexity index is 447. The lowest BCUT2D eigenvalue weighted by atomic mass is 10.4. The molecular weight excluding hydrogens is 232 g/mol. The van der Waals surface area contributed by atoms with E-state index in [-0.39, 0.29) is 0 Å². The molecule has 0 saturated heterocycles. The first-order valence-corrected chi connectivity index (χ1v) is 5.58. The Hall–Kier alpha value is -1.00. The van der Waals surface area contributed by atoms with Crippen molar-refractivity contribution >= 4 is 23.4 Å². The third-order valence-corrected chi connectivity index (χ3v) is 2.92. The van der Waals surface area contributed by atoms with Crippen LogP contribution in [0.4, 0.5) is 0 Å². The smallest absolute Gasteiger partial charge is 0.262 e. The quantitative estimate of drug-likeness (QED) is 0.806. The summed E-state index contributed by atoms with van der Waals surface area (Å²) in [5.41, 5.74) is 0.909. The van der Waals surface area contributed by atoms with Crippen LogP contribution in [0.2, 0.25) is 5.02 Å². The van der Waals surface area contributed by atoms with Crippen molar-refractivity contribution in [3.05, 3.63) is 34.8 Å². The number of aromatic nitrogens is 2. The van der Waals surface area contributed by atoms with Gasteiger partial charge in [-0.15, -0.1) is 0 Å². The highest BCUT2D eigenvalue weighted by atomic mass is 35.5. The molecule has 0 fully saturated rings. The zero-order valence-corrected chi connectivity index (χ0v) is 9.89. The van der Waals surface area contributed by atoms with E-state index in [1.807, 2.05) is 19.9 Å². The minimum Gasteiger partial charge on any atom is -0.436 e. The van der Waals surface area contributed by atoms with Gasteiger partial charge in [-0.25, -0.2) is 9.97 Å². The molecular formula is C10H9ClN2OS. The second-order valence-electron chi connectivity index (χ2n) is 3.04. The van der Waals surface area contributed by atoms with Crippen LogP contribution >= 0.6 is 23.4 Å². The number of halogens is 1. The van der Waals surface area contributed by atoms with E-state index < -0.39 is 0 Å². The molecule has 78 valence electrons. The highest BCUT2D eigenvalue weighted by Gasteiger charge is 2.07. The van der Waals surface area contributed by atoms with Gasteiger partial charge in [-0.1, -0.05) is 11.6 Å². The molecule has 0 saturated carbocycles. The van der Waals surface area contributed by atoms with Crippen LogP contribution in [-0.4, -0.2) is 9.97 Å². The van der Waals surface area contributed by atoms with Gasteiger partial charge in [0.2, 0.25) is 0 Å². The standard InChI is InChI=1S/C10H9ClN2OS/c1-6-7(2)14-10(13-6)15-9-4-3-8(11)5-12-9/h3-5H,1-2H3. The van der Waals surface area contributed by atoms with Crippen LogP contribution in [0.3, 0.4) is 0 Å². The molecule has 0 unspecified atom stereocenters. The van der Waals surface area contributed by atoms with Gasteiger partial charge < -0.3 is 4.42 Å². The van der Waals surface area contributed by atoms with Crippen LogP contribution < -0.4 is 0 Å². The van der Waals surface area contributed by atoms with Crippen LogP contribution in [0.1, 0.15) is 11.5 Å². The lowest BCUT2D eigenvalue weighted by molar-refractivity contribution is 0.431. The SMILES string of the molecule is Cc1nc(Sc2ccc(Cl)cn2)oc1C. The fourth-order valence-electron chi connectivity index (χ4n) is 0.999. The molecule has 0 aromatic carbocycles. The number of nitrogens with zero attached hydrogens (tertiary/aromatic N) is 2. The van der Waals surface area contributed by atoms with Gasteiger partial charge in [-0.3, -0.25) is 0 Å². The predicted molar refractivity (Wildman–Crippen MR) is 59.3 cm³/mol. The second kappa shape index (κ2) is 4.24. The first kappa shape index (κ1) is 10.5. The van der Waals surface area contributed by atoms with Crippen LogP contribution in [0.15, 0.2) is 33.0 Å². The van der Waals surface area contributed by atoms with E-state index in [1.54, 1.807) is 12.3 Å². The van der Waals surface area contributed by atoms with E-state index in [4.69, 9.17) is 16.0 Å². The maximum Gasteiger partial charge on any atom is 0.262 e. The zero-order chi connectivity index (χ0) is 10.8. The summed E-state index contributed by atoms with van der Waals surface area (Å²) in [6.45, 7) is 3.81. The van der Waals surface area contributed by atoms with Crippen LogP contribution in [0, 0.1) is 13.8 Å². The molecule has 2 heterocycles. The van der Waals surface area contributed by atoms with E-state index in [0.717, 1.165) is 16.5 Å². The first-order valence-electron chi connectivity index (χ1n) is 4.38. The lowest BCUT2D eigenvalue weighted by Gasteiger charge is -1.95. The van der Waals surface area contributed by atoms with Gasteiger partial charge >= 0.3 is 0 Å². The van der Waals surface area contributed by atoms with E-state index in [9.17, 15) is 0 Å². The maximum atomic E-state index is 5.73. The Kier molecular flexibility index (Phi) is 2.98. The highest BCUT2D eigenvalue weighted by molar-refractivity contribution is 7.99. The van der Waals surface area contributed by atoms with Crippen molar-refractivity contribution in [2.45, 2.75) is 24.1 Å². The minimum atomic E-state index is 0.611. The van der Waals surface area contributed by atoms with Crippen LogP contribution in [0.25, 0.3) is 0 Å². The molecule has 2 aromatic heterocycles. The average Bonchev–Trinajstić information content (AvgIpc) is 2.50. The summed E-state index contributed by atoms with van der Waals surface area (Å²) in [6.07, 6.45) is 1.60. The zero-order valence-electron chi connectivity index (χ0n) is 8.32. The Morgan fingerprint density at radius 2 is 2.13 bits per heavy atom. The van der Waals surface area contributed by atoms with Gasteiger partial charge in [-0.05, 0) is 37.7 Å². The Morgan fingerprint density at radius 3 is 2.67 bits per heavy atom. The molecule has 15 heavy (non-hydrogen) atoms. The number of oxazole rings is 1. The first-order chi connectivity index (χ1) is 7.15. The molecule has 3 nitrogen and oxygen atoms in total. The molecule has 2 aromatic rings. The van der Waals surface area contributed by atoms with Crippen molar-refractivity contribution in [3.8, 4) is 0 Å². The second-order valence-corrected chi connectivity index (χ2v) is 4.45. The monoisotopic (exact) mass is 240 g/mol. The molecule has 2 rings (SSSR count). The number of hydrogen-bond acceptors (Lipinski definition) is 4. The van der Waals surface area contributed by atoms with Crippen LogP contribution in [-0.2, 0) is 0 Å². The average molecular weight is 241 g/mol. The third kappa shape index (κ3) is 2.52. The topological polar surface area (TPSA) is 38.9 Å². The number of pyridine rings is 1. The number of aryl methyl sites for hydroxylation is 2. The van der Waals surface area contributed by atoms with Gasteiger partial charge in [0, 0.05) is 6.20 Å². The summed E-state index contributed by atoms with van der Waals surface area (Å²) in [5.74, 6) is 0.839. The Balaban J connectivity index is 2.18. The summed E-state index contributed by atoms with van der Waals surface area (Å²) in [4.78, 5) is 8.39. The lowest BCUT2D eigenvalue weighted by Crippen LogP contribution is -1.79. The van der Waals surface area contributed by atoms with E-state index >= 15 is 0 Å². The van der Waals surface area contributed by atoms with Gasteiger partial charge in [0.25, 0.3) is 5.22 Å². The number of hydrogen-bond donors (Lipinski definition) is 0. The van der Waals surface area contributed by atoms with Gasteiger partial charge in [0.15, 0.2) is 0 Å². The Labute approximate surface area is 96.9 Å². The summed E-state index contributed by atoms with van der Waals surface area (Å²) < 4.78 is 5.43. The van der Waals surface area contributed by atoms with Crippen molar-refractivity contribution in [2.75, 3.05) is 0 Å². The normalized spacial score (nSPS) is 10.6. The molecule has 5 heteroatoms. The Morgan fingerprint density at radius 1 is 1.33 bits per heavy atom. The molecule has 0 aliphatic heterocycles. The fraction of sp³-hybridized carbons (Fsp3) is 0.200. The summed E-state index contributed by atoms with van der Waals surface area (Å²) in [6, 6.07) is 3.63. The minimum absolute atomic E-state index is 0.611. The van der Waals surface area contributed by atoms with Crippen molar-refractivity contribution in [2.24, 2.45) is 0 Å². The molecule has 0 bridgehead atoms. The van der Waals surface area contributed by atoms with Gasteiger partial charge in [-0.2, -0.15) is 0 Å². The maximum absolute atomic E-state index is 5.73. The molecule has 0 spiro atoms. The molecule has 0 N–H and O–H groups in total. The summed E-state index contributed by atoms with van der Waals surface area (Å²) in [7, 11) is 0. The van der Waals surface area contributed by atoms with Crippen molar-refractivity contribution < 1.29 is 4.42 Å². The van der Waals surface area contributed by atoms with E-state index in [2.05, 4.69) is 9.97 Å². The van der Waals surface area contributed by atoms with E-state index in [1.165, 1.54) is 11.8 Å². The van der Waals surface area contributed by atoms with Crippen molar-refractivity contribution in [1.82, 2.24) is 9.97 Å². The molecule has 0 amide bonds. The van der Waals surface area contributed by atoms with Crippen molar-refractivity contribution in [3.63, 3.8) is 0 Å². The van der Waals surface area contributed by atoms with Gasteiger partial charge in [0.05, 0.1) is 10.7 Å². The van der Waals surface area contributed by atoms with Crippen LogP contribution in [0.5, 0.6) is 0 Å². The largest absolute Gasteiger partial charge is 0.436 e. The third-order valence-electron chi connectivity index (χ3n) is 1.90. The van der Waals surface area contributed by atoms with Gasteiger partial charge in [0.1, 0.15) is 10.8 Å². The molecule has 0 aliphatic rings. The molecule has 0 atom stereocenters. The predicted octanol–water partition coefficient (Wildman–Crippen LogP) is 3.49. The van der Waals surface area contributed by atoms with Crippen molar-refractivity contribution in [1.29, 1.82) is 0 Å².